The molecule has 0 aliphatic carbocycles. The topological polar surface area (TPSA) is 263 Å². The van der Waals surface area contributed by atoms with Gasteiger partial charge in [-0.25, -0.2) is 14.4 Å². The molecule has 4 rings (SSSR count). The predicted octanol–water partition coefficient (Wildman–Crippen LogP) is -0.796. The summed E-state index contributed by atoms with van der Waals surface area (Å²) in [7, 11) is 0. The normalized spacial score (nSPS) is 19.1. The highest BCUT2D eigenvalue weighted by molar-refractivity contribution is 7.98. The van der Waals surface area contributed by atoms with Crippen molar-refractivity contribution in [1.82, 2.24) is 35.8 Å². The molecule has 10 N–H and O–H groups in total. The molecule has 0 spiro atoms. The summed E-state index contributed by atoms with van der Waals surface area (Å²) < 4.78 is 6.60. The Morgan fingerprint density at radius 2 is 1.85 bits per heavy atom. The van der Waals surface area contributed by atoms with Gasteiger partial charge in [0.2, 0.25) is 18.0 Å². The standard InChI is InChI=1S/C30H38N8O9S/c1-15(31)24(26(42)33-14-17-12-22(39)27(47-17)38-9-7-23(40)36-30(38)46)37-25(41)20(8-10-48-2)34-29(45)35-21(28(43)44)11-16-13-32-19-6-4-3-5-18(16)19/h3-7,9,13-15,20-22,24,27,32,39H,8,10-12,31H2,1-2H3,(H,33,42)(H,37,41)(H,43,44)(H2,34,35,45)(H,36,40,46)/b17-14-/t15-,20?,21?,22+,24?,27+/m0/s1. The van der Waals surface area contributed by atoms with Crippen LogP contribution in [0.2, 0.25) is 0 Å². The highest BCUT2D eigenvalue weighted by atomic mass is 32.2. The van der Waals surface area contributed by atoms with Crippen molar-refractivity contribution in [3.63, 3.8) is 0 Å². The summed E-state index contributed by atoms with van der Waals surface area (Å²) in [6, 6.07) is 2.94. The van der Waals surface area contributed by atoms with Crippen LogP contribution < -0.4 is 38.2 Å². The second-order valence-electron chi connectivity index (χ2n) is 11.2. The molecule has 17 nitrogen and oxygen atoms in total. The number of amides is 4. The first-order valence-corrected chi connectivity index (χ1v) is 16.3. The quantitative estimate of drug-likeness (QED) is 0.101. The Labute approximate surface area is 277 Å². The van der Waals surface area contributed by atoms with E-state index in [4.69, 9.17) is 10.5 Å². The SMILES string of the molecule is CSCCC(NC(=O)NC(Cc1c[nH]c2ccccc12)C(=O)O)C(=O)NC(C(=O)N/C=C1/C[C@@H](O)[C@H](n2ccc(=O)[nH]c2=O)O1)[C@H](C)N. The number of carboxylic acid groups (broad SMARTS) is 1. The summed E-state index contributed by atoms with van der Waals surface area (Å²) in [6.07, 6.45) is 3.58. The van der Waals surface area contributed by atoms with Gasteiger partial charge in [0, 0.05) is 54.4 Å². The van der Waals surface area contributed by atoms with E-state index >= 15 is 0 Å². The fourth-order valence-corrected chi connectivity index (χ4v) is 5.54. The lowest BCUT2D eigenvalue weighted by Crippen LogP contribution is -2.60. The number of aliphatic carboxylic acids is 1. The van der Waals surface area contributed by atoms with E-state index in [2.05, 4.69) is 31.2 Å². The number of hydrogen-bond donors (Lipinski definition) is 9. The number of H-pyrrole nitrogens is 2. The molecule has 4 amide bonds. The van der Waals surface area contributed by atoms with E-state index < -0.39 is 71.6 Å². The summed E-state index contributed by atoms with van der Waals surface area (Å²) in [5, 5.41) is 31.0. The minimum Gasteiger partial charge on any atom is -0.480 e. The van der Waals surface area contributed by atoms with Crippen molar-refractivity contribution in [2.24, 2.45) is 5.73 Å². The third-order valence-electron chi connectivity index (χ3n) is 7.55. The average Bonchev–Trinajstić information content (AvgIpc) is 3.62. The highest BCUT2D eigenvalue weighted by Crippen LogP contribution is 2.29. The molecule has 1 aromatic carbocycles. The Morgan fingerprint density at radius 1 is 1.12 bits per heavy atom. The molecule has 1 fully saturated rings. The highest BCUT2D eigenvalue weighted by Gasteiger charge is 2.34. The van der Waals surface area contributed by atoms with Crippen LogP contribution >= 0.6 is 11.8 Å². The van der Waals surface area contributed by atoms with Crippen LogP contribution in [-0.2, 0) is 25.5 Å². The van der Waals surface area contributed by atoms with E-state index in [0.29, 0.717) is 11.3 Å². The van der Waals surface area contributed by atoms with E-state index in [1.165, 1.54) is 31.1 Å². The zero-order valence-corrected chi connectivity index (χ0v) is 26.9. The zero-order valence-electron chi connectivity index (χ0n) is 26.1. The Bertz CT molecular complexity index is 1780. The molecule has 1 aliphatic heterocycles. The monoisotopic (exact) mass is 686 g/mol. The Kier molecular flexibility index (Phi) is 12.0. The second kappa shape index (κ2) is 16.2. The molecule has 1 saturated heterocycles. The number of nitrogens with zero attached hydrogens (tertiary/aromatic N) is 1. The maximum Gasteiger partial charge on any atom is 0.331 e. The van der Waals surface area contributed by atoms with Gasteiger partial charge in [-0.1, -0.05) is 18.2 Å². The van der Waals surface area contributed by atoms with Gasteiger partial charge in [-0.15, -0.1) is 0 Å². The number of carbonyl (C=O) groups is 4. The zero-order chi connectivity index (χ0) is 35.0. The molecule has 0 saturated carbocycles. The summed E-state index contributed by atoms with van der Waals surface area (Å²) in [6.45, 7) is 1.49. The van der Waals surface area contributed by atoms with Crippen LogP contribution in [0.1, 0.15) is 31.6 Å². The maximum absolute atomic E-state index is 13.3. The number of fused-ring (bicyclic) bond motifs is 1. The van der Waals surface area contributed by atoms with E-state index in [9.17, 15) is 39.0 Å². The molecule has 48 heavy (non-hydrogen) atoms. The molecule has 1 aliphatic rings. The Balaban J connectivity index is 1.38. The molecular weight excluding hydrogens is 648 g/mol. The first-order chi connectivity index (χ1) is 22.9. The number of aromatic nitrogens is 3. The van der Waals surface area contributed by atoms with E-state index in [-0.39, 0.29) is 25.0 Å². The number of rotatable bonds is 14. The van der Waals surface area contributed by atoms with Crippen LogP contribution in [0.15, 0.2) is 64.3 Å². The van der Waals surface area contributed by atoms with E-state index in [1.807, 2.05) is 30.5 Å². The summed E-state index contributed by atoms with van der Waals surface area (Å²) in [5.41, 5.74) is 6.12. The molecule has 2 aromatic heterocycles. The van der Waals surface area contributed by atoms with Gasteiger partial charge in [-0.05, 0) is 37.0 Å². The maximum atomic E-state index is 13.3. The number of nitrogens with two attached hydrogens (primary N) is 1. The molecule has 0 bridgehead atoms. The number of thioether (sulfide) groups is 1. The fraction of sp³-hybridized carbons (Fsp3) is 0.400. The van der Waals surface area contributed by atoms with Gasteiger partial charge in [0.05, 0.1) is 0 Å². The number of carbonyl (C=O) groups excluding carboxylic acids is 3. The van der Waals surface area contributed by atoms with Crippen molar-refractivity contribution in [3.05, 3.63) is 81.1 Å². The van der Waals surface area contributed by atoms with Gasteiger partial charge in [0.15, 0.2) is 0 Å². The van der Waals surface area contributed by atoms with Gasteiger partial charge < -0.3 is 46.9 Å². The van der Waals surface area contributed by atoms with Crippen LogP contribution in [0.25, 0.3) is 10.9 Å². The van der Waals surface area contributed by atoms with Crippen LogP contribution in [-0.4, -0.2) is 90.8 Å². The number of urea groups is 1. The fourth-order valence-electron chi connectivity index (χ4n) is 5.07. The third kappa shape index (κ3) is 9.05. The molecular formula is C30H38N8O9S. The third-order valence-corrected chi connectivity index (χ3v) is 8.20. The lowest BCUT2D eigenvalue weighted by atomic mass is 10.1. The molecule has 6 atom stereocenters. The Morgan fingerprint density at radius 3 is 2.54 bits per heavy atom. The van der Waals surface area contributed by atoms with Gasteiger partial charge >= 0.3 is 17.7 Å². The lowest BCUT2D eigenvalue weighted by molar-refractivity contribution is -0.139. The average molecular weight is 687 g/mol. The van der Waals surface area contributed by atoms with Crippen molar-refractivity contribution in [3.8, 4) is 0 Å². The number of aromatic amines is 2. The van der Waals surface area contributed by atoms with Crippen molar-refractivity contribution in [2.75, 3.05) is 12.0 Å². The number of benzene rings is 1. The minimum atomic E-state index is -1.30. The number of carboxylic acids is 1. The number of nitrogens with one attached hydrogen (secondary N) is 6. The van der Waals surface area contributed by atoms with Gasteiger partial charge in [0.1, 0.15) is 30.0 Å². The number of aliphatic hydroxyl groups is 1. The number of ether oxygens (including phenoxy) is 1. The Hall–Kier alpha value is -5.07. The van der Waals surface area contributed by atoms with E-state index in [0.717, 1.165) is 21.5 Å². The molecule has 3 heterocycles. The van der Waals surface area contributed by atoms with Crippen LogP contribution in [0.5, 0.6) is 0 Å². The van der Waals surface area contributed by atoms with Gasteiger partial charge in [0.25, 0.3) is 5.56 Å². The smallest absolute Gasteiger partial charge is 0.331 e. The summed E-state index contributed by atoms with van der Waals surface area (Å²) in [4.78, 5) is 80.0. The first kappa shape index (κ1) is 35.8. The molecule has 3 aromatic rings. The van der Waals surface area contributed by atoms with Crippen molar-refractivity contribution in [2.45, 2.75) is 62.7 Å². The lowest BCUT2D eigenvalue weighted by Gasteiger charge is -2.25. The molecule has 3 unspecified atom stereocenters. The molecule has 18 heteroatoms. The number of para-hydroxylation sites is 1. The van der Waals surface area contributed by atoms with E-state index in [1.54, 1.807) is 6.20 Å². The summed E-state index contributed by atoms with van der Waals surface area (Å²) >= 11 is 1.42. The summed E-state index contributed by atoms with van der Waals surface area (Å²) in [5.74, 6) is -2.15. The van der Waals surface area contributed by atoms with Gasteiger partial charge in [-0.3, -0.25) is 23.9 Å². The van der Waals surface area contributed by atoms with Crippen LogP contribution in [0.3, 0.4) is 0 Å². The van der Waals surface area contributed by atoms with Gasteiger partial charge in [-0.2, -0.15) is 11.8 Å². The number of hydrogen-bond acceptors (Lipinski definition) is 10. The second-order valence-corrected chi connectivity index (χ2v) is 12.2. The predicted molar refractivity (Wildman–Crippen MR) is 176 cm³/mol. The van der Waals surface area contributed by atoms with Crippen molar-refractivity contribution < 1.29 is 34.1 Å². The minimum absolute atomic E-state index is 0.0139. The largest absolute Gasteiger partial charge is 0.480 e. The first-order valence-electron chi connectivity index (χ1n) is 14.9. The molecule has 0 radical (unpaired) electrons. The van der Waals surface area contributed by atoms with Crippen LogP contribution in [0, 0.1) is 0 Å². The number of aliphatic hydroxyl groups excluding tert-OH is 1. The molecule has 258 valence electrons. The van der Waals surface area contributed by atoms with Crippen LogP contribution in [0.4, 0.5) is 4.79 Å². The van der Waals surface area contributed by atoms with Crippen molar-refractivity contribution >= 4 is 46.5 Å². The van der Waals surface area contributed by atoms with Crippen molar-refractivity contribution in [1.29, 1.82) is 0 Å².